The van der Waals surface area contributed by atoms with Crippen LogP contribution in [0.3, 0.4) is 0 Å². The van der Waals surface area contributed by atoms with Gasteiger partial charge in [-0.25, -0.2) is 4.79 Å². The van der Waals surface area contributed by atoms with Gasteiger partial charge in [-0.1, -0.05) is 12.1 Å². The number of esters is 1. The maximum atomic E-state index is 11.2. The molecule has 0 aliphatic heterocycles. The van der Waals surface area contributed by atoms with Crippen molar-refractivity contribution in [2.75, 3.05) is 19.8 Å². The van der Waals surface area contributed by atoms with Gasteiger partial charge in [0.2, 0.25) is 0 Å². The van der Waals surface area contributed by atoms with Gasteiger partial charge in [-0.2, -0.15) is 0 Å². The first-order chi connectivity index (χ1) is 11.5. The number of Topliss-reactive ketones (excluding diaryl/α,β-unsaturated/α-hetero) is 1. The van der Waals surface area contributed by atoms with Gasteiger partial charge in [0.1, 0.15) is 0 Å². The Morgan fingerprint density at radius 1 is 0.917 bits per heavy atom. The zero-order valence-electron chi connectivity index (χ0n) is 15.5. The Bertz CT molecular complexity index is 447. The van der Waals surface area contributed by atoms with Gasteiger partial charge in [-0.3, -0.25) is 4.79 Å². The molecule has 1 aromatic carbocycles. The lowest BCUT2D eigenvalue weighted by Gasteiger charge is -2.09. The average Bonchev–Trinajstić information content (AvgIpc) is 2.58. The van der Waals surface area contributed by atoms with Gasteiger partial charge in [0, 0.05) is 18.8 Å². The molecule has 0 aromatic heterocycles. The fourth-order valence-electron chi connectivity index (χ4n) is 1.57. The van der Waals surface area contributed by atoms with E-state index in [0.717, 1.165) is 13.2 Å². The van der Waals surface area contributed by atoms with E-state index in [-0.39, 0.29) is 18.0 Å². The van der Waals surface area contributed by atoms with Gasteiger partial charge in [-0.05, 0) is 46.8 Å². The molecule has 0 N–H and O–H groups in total. The Hall–Kier alpha value is -1.98. The molecule has 0 fully saturated rings. The monoisotopic (exact) mass is 338 g/mol. The molecule has 136 valence electrons. The summed E-state index contributed by atoms with van der Waals surface area (Å²) in [7, 11) is 0. The van der Waals surface area contributed by atoms with Crippen LogP contribution in [0.2, 0.25) is 0 Å². The summed E-state index contributed by atoms with van der Waals surface area (Å²) in [5, 5.41) is 0. The molecule has 1 rings (SSSR count). The number of hydrogen-bond acceptors (Lipinski definition) is 5. The molecule has 0 saturated carbocycles. The van der Waals surface area contributed by atoms with E-state index in [1.807, 2.05) is 20.8 Å². The molecular formula is C19H30O5. The normalized spacial score (nSPS) is 9.25. The van der Waals surface area contributed by atoms with Gasteiger partial charge in [0.25, 0.3) is 0 Å². The van der Waals surface area contributed by atoms with Crippen LogP contribution in [-0.4, -0.2) is 37.9 Å². The highest BCUT2D eigenvalue weighted by Gasteiger charge is 2.06. The number of benzene rings is 1. The molecule has 24 heavy (non-hydrogen) atoms. The summed E-state index contributed by atoms with van der Waals surface area (Å²) in [5.74, 6) is -0.372. The van der Waals surface area contributed by atoms with Crippen molar-refractivity contribution in [2.45, 2.75) is 40.9 Å². The second kappa shape index (κ2) is 15.9. The highest BCUT2D eigenvalue weighted by atomic mass is 16.7. The van der Waals surface area contributed by atoms with E-state index in [1.165, 1.54) is 6.92 Å². The van der Waals surface area contributed by atoms with Crippen molar-refractivity contribution >= 4 is 11.8 Å². The Labute approximate surface area is 145 Å². The van der Waals surface area contributed by atoms with Crippen molar-refractivity contribution in [1.82, 2.24) is 0 Å². The Morgan fingerprint density at radius 3 is 1.67 bits per heavy atom. The zero-order chi connectivity index (χ0) is 19.0. The average molecular weight is 338 g/mol. The number of ether oxygens (including phenoxy) is 3. The van der Waals surface area contributed by atoms with Crippen LogP contribution in [0.1, 0.15) is 55.3 Å². The lowest BCUT2D eigenvalue weighted by Crippen LogP contribution is -2.11. The number of carbonyl (C=O) groups excluding carboxylic acids is 2. The first-order valence-corrected chi connectivity index (χ1v) is 7.97. The van der Waals surface area contributed by atoms with E-state index >= 15 is 0 Å². The van der Waals surface area contributed by atoms with Gasteiger partial charge >= 0.3 is 5.97 Å². The summed E-state index contributed by atoms with van der Waals surface area (Å²) in [6.45, 7) is 16.8. The summed E-state index contributed by atoms with van der Waals surface area (Å²) < 4.78 is 14.9. The summed E-state index contributed by atoms with van der Waals surface area (Å²) in [6, 6.07) is 6.42. The molecule has 1 aromatic rings. The molecule has 0 spiro atoms. The van der Waals surface area contributed by atoms with E-state index in [4.69, 9.17) is 14.2 Å². The van der Waals surface area contributed by atoms with Crippen LogP contribution in [-0.2, 0) is 14.2 Å². The fraction of sp³-hybridized carbons (Fsp3) is 0.474. The summed E-state index contributed by atoms with van der Waals surface area (Å²) in [4.78, 5) is 22.2. The molecule has 0 heterocycles. The quantitative estimate of drug-likeness (QED) is 0.321. The zero-order valence-corrected chi connectivity index (χ0v) is 15.5. The van der Waals surface area contributed by atoms with Crippen LogP contribution < -0.4 is 0 Å². The molecule has 0 atom stereocenters. The molecule has 0 bridgehead atoms. The van der Waals surface area contributed by atoms with E-state index in [0.29, 0.717) is 17.7 Å². The fourth-order valence-corrected chi connectivity index (χ4v) is 1.57. The van der Waals surface area contributed by atoms with Crippen LogP contribution in [0, 0.1) is 0 Å². The molecule has 0 unspecified atom stereocenters. The van der Waals surface area contributed by atoms with Crippen LogP contribution in [0.15, 0.2) is 37.4 Å². The molecule has 5 heteroatoms. The number of hydrogen-bond donors (Lipinski definition) is 0. The number of rotatable bonds is 7. The van der Waals surface area contributed by atoms with Gasteiger partial charge in [-0.15, -0.1) is 13.2 Å². The second-order valence-corrected chi connectivity index (χ2v) is 4.33. The Kier molecular flexibility index (Phi) is 16.1. The molecule has 0 radical (unpaired) electrons. The van der Waals surface area contributed by atoms with Crippen molar-refractivity contribution in [3.05, 3.63) is 48.6 Å². The lowest BCUT2D eigenvalue weighted by molar-refractivity contribution is -0.123. The van der Waals surface area contributed by atoms with Crippen molar-refractivity contribution in [2.24, 2.45) is 0 Å². The molecule has 0 aliphatic carbocycles. The SMILES string of the molecule is C=C.CCOC(=O)c1ccc(C(C)=O)cc1.CCOC(C)OCC. The summed E-state index contributed by atoms with van der Waals surface area (Å²) in [5.41, 5.74) is 1.06. The smallest absolute Gasteiger partial charge is 0.338 e. The van der Waals surface area contributed by atoms with E-state index in [1.54, 1.807) is 31.2 Å². The second-order valence-electron chi connectivity index (χ2n) is 4.33. The first-order valence-electron chi connectivity index (χ1n) is 7.97. The largest absolute Gasteiger partial charge is 0.462 e. The summed E-state index contributed by atoms with van der Waals surface area (Å²) in [6.07, 6.45) is -0.0370. The Balaban J connectivity index is 0. The molecule has 5 nitrogen and oxygen atoms in total. The van der Waals surface area contributed by atoms with Crippen molar-refractivity contribution < 1.29 is 23.8 Å². The molecule has 0 aliphatic rings. The number of ketones is 1. The Morgan fingerprint density at radius 2 is 1.33 bits per heavy atom. The lowest BCUT2D eigenvalue weighted by atomic mass is 10.1. The third kappa shape index (κ3) is 11.6. The van der Waals surface area contributed by atoms with Crippen LogP contribution in [0.4, 0.5) is 0 Å². The van der Waals surface area contributed by atoms with Crippen molar-refractivity contribution in [3.63, 3.8) is 0 Å². The number of carbonyl (C=O) groups is 2. The maximum Gasteiger partial charge on any atom is 0.338 e. The molecule has 0 saturated heterocycles. The highest BCUT2D eigenvalue weighted by Crippen LogP contribution is 2.06. The minimum Gasteiger partial charge on any atom is -0.462 e. The minimum absolute atomic E-state index is 0.0135. The minimum atomic E-state index is -0.359. The maximum absolute atomic E-state index is 11.2. The summed E-state index contributed by atoms with van der Waals surface area (Å²) >= 11 is 0. The standard InChI is InChI=1S/C11H12O3.C6H14O2.C2H4/c1-3-14-11(13)10-6-4-9(5-7-10)8(2)12;1-4-7-6(3)8-5-2;1-2/h4-7H,3H2,1-2H3;6H,4-5H2,1-3H3;1-2H2. The van der Waals surface area contributed by atoms with Crippen LogP contribution in [0.5, 0.6) is 0 Å². The topological polar surface area (TPSA) is 61.8 Å². The third-order valence-electron chi connectivity index (χ3n) is 2.61. The predicted molar refractivity (Wildman–Crippen MR) is 96.4 cm³/mol. The van der Waals surface area contributed by atoms with Gasteiger partial charge in [0.15, 0.2) is 12.1 Å². The molecule has 0 amide bonds. The van der Waals surface area contributed by atoms with Crippen LogP contribution >= 0.6 is 0 Å². The van der Waals surface area contributed by atoms with E-state index in [9.17, 15) is 9.59 Å². The molecular weight excluding hydrogens is 308 g/mol. The van der Waals surface area contributed by atoms with Gasteiger partial charge < -0.3 is 14.2 Å². The predicted octanol–water partition coefficient (Wildman–Crippen LogP) is 4.27. The van der Waals surface area contributed by atoms with E-state index < -0.39 is 0 Å². The van der Waals surface area contributed by atoms with Crippen molar-refractivity contribution in [1.29, 1.82) is 0 Å². The van der Waals surface area contributed by atoms with E-state index in [2.05, 4.69) is 13.2 Å². The third-order valence-corrected chi connectivity index (χ3v) is 2.61. The highest BCUT2D eigenvalue weighted by molar-refractivity contribution is 5.96. The first kappa shape index (κ1) is 24.3. The van der Waals surface area contributed by atoms with Gasteiger partial charge in [0.05, 0.1) is 12.2 Å². The van der Waals surface area contributed by atoms with Crippen molar-refractivity contribution in [3.8, 4) is 0 Å². The van der Waals surface area contributed by atoms with Crippen LogP contribution in [0.25, 0.3) is 0 Å².